The Hall–Kier alpha value is -0.440. The van der Waals surface area contributed by atoms with Crippen molar-refractivity contribution in [2.45, 2.75) is 40.3 Å². The number of hydrogen-bond donors (Lipinski definition) is 2. The molecule has 0 bridgehead atoms. The van der Waals surface area contributed by atoms with Crippen molar-refractivity contribution in [1.29, 1.82) is 0 Å². The normalized spacial score (nSPS) is 9.89. The van der Waals surface area contributed by atoms with E-state index in [-0.39, 0.29) is 24.8 Å². The molecule has 0 amide bonds. The number of rotatable bonds is 6. The van der Waals surface area contributed by atoms with E-state index < -0.39 is 0 Å². The minimum atomic E-state index is 0. The van der Waals surface area contributed by atoms with E-state index in [1.54, 1.807) is 0 Å². The lowest BCUT2D eigenvalue weighted by molar-refractivity contribution is 0.589. The Morgan fingerprint density at radius 1 is 0.944 bits per heavy atom. The molecule has 0 atom stereocenters. The minimum absolute atomic E-state index is 0. The molecular formula is C14H26Cl2N2. The van der Waals surface area contributed by atoms with Gasteiger partial charge in [0.15, 0.2) is 0 Å². The minimum Gasteiger partial charge on any atom is -0.385 e. The van der Waals surface area contributed by atoms with Crippen LogP contribution in [-0.2, 0) is 6.54 Å². The molecule has 0 saturated carbocycles. The molecule has 1 rings (SSSR count). The van der Waals surface area contributed by atoms with Crippen molar-refractivity contribution in [2.75, 3.05) is 11.9 Å². The lowest BCUT2D eigenvalue weighted by Gasteiger charge is -2.11. The third-order valence-corrected chi connectivity index (χ3v) is 2.38. The summed E-state index contributed by atoms with van der Waals surface area (Å²) in [5.41, 5.74) is 2.55. The van der Waals surface area contributed by atoms with Gasteiger partial charge in [-0.25, -0.2) is 0 Å². The number of nitrogens with one attached hydrogen (secondary N) is 2. The first-order valence-corrected chi connectivity index (χ1v) is 6.14. The smallest absolute Gasteiger partial charge is 0.0340 e. The topological polar surface area (TPSA) is 24.1 Å². The van der Waals surface area contributed by atoms with E-state index in [1.165, 1.54) is 11.3 Å². The van der Waals surface area contributed by atoms with Gasteiger partial charge < -0.3 is 10.6 Å². The zero-order valence-corrected chi connectivity index (χ0v) is 13.3. The maximum absolute atomic E-state index is 3.42. The van der Waals surface area contributed by atoms with Crippen LogP contribution in [0.5, 0.6) is 0 Å². The van der Waals surface area contributed by atoms with E-state index in [1.807, 2.05) is 0 Å². The van der Waals surface area contributed by atoms with E-state index in [2.05, 4.69) is 62.6 Å². The van der Waals surface area contributed by atoms with Gasteiger partial charge in [0.05, 0.1) is 0 Å². The van der Waals surface area contributed by atoms with Crippen LogP contribution in [0.3, 0.4) is 0 Å². The van der Waals surface area contributed by atoms with Gasteiger partial charge in [-0.15, -0.1) is 24.8 Å². The summed E-state index contributed by atoms with van der Waals surface area (Å²) in [5, 5.41) is 6.83. The lowest BCUT2D eigenvalue weighted by atomic mass is 10.2. The van der Waals surface area contributed by atoms with Crippen LogP contribution in [0.25, 0.3) is 0 Å². The SMILES string of the molecule is CC(C)CNc1ccc(CNC(C)C)cc1.Cl.Cl. The molecule has 1 aromatic rings. The van der Waals surface area contributed by atoms with E-state index >= 15 is 0 Å². The maximum atomic E-state index is 3.42. The van der Waals surface area contributed by atoms with Crippen molar-refractivity contribution in [3.63, 3.8) is 0 Å². The standard InChI is InChI=1S/C14H24N2.2ClH/c1-11(2)9-16-14-7-5-13(6-8-14)10-15-12(3)4;;/h5-8,11-12,15-16H,9-10H2,1-4H3;2*1H. The zero-order valence-electron chi connectivity index (χ0n) is 11.7. The van der Waals surface area contributed by atoms with Crippen molar-refractivity contribution in [2.24, 2.45) is 5.92 Å². The quantitative estimate of drug-likeness (QED) is 0.825. The van der Waals surface area contributed by atoms with Crippen LogP contribution >= 0.6 is 24.8 Å². The van der Waals surface area contributed by atoms with Crippen LogP contribution in [-0.4, -0.2) is 12.6 Å². The Balaban J connectivity index is 0. The second kappa shape index (κ2) is 10.5. The van der Waals surface area contributed by atoms with Gasteiger partial charge in [-0.2, -0.15) is 0 Å². The van der Waals surface area contributed by atoms with Crippen LogP contribution in [0, 0.1) is 5.92 Å². The average molecular weight is 293 g/mol. The molecule has 0 radical (unpaired) electrons. The largest absolute Gasteiger partial charge is 0.385 e. The summed E-state index contributed by atoms with van der Waals surface area (Å²) in [4.78, 5) is 0. The highest BCUT2D eigenvalue weighted by Gasteiger charge is 1.97. The number of benzene rings is 1. The van der Waals surface area contributed by atoms with Crippen LogP contribution in [0.4, 0.5) is 5.69 Å². The molecular weight excluding hydrogens is 267 g/mol. The van der Waals surface area contributed by atoms with Gasteiger partial charge in [-0.1, -0.05) is 39.8 Å². The predicted molar refractivity (Wildman–Crippen MR) is 86.2 cm³/mol. The van der Waals surface area contributed by atoms with Crippen LogP contribution < -0.4 is 10.6 Å². The molecule has 0 spiro atoms. The molecule has 1 aromatic carbocycles. The Labute approximate surface area is 124 Å². The summed E-state index contributed by atoms with van der Waals surface area (Å²) >= 11 is 0. The fourth-order valence-corrected chi connectivity index (χ4v) is 1.38. The van der Waals surface area contributed by atoms with Gasteiger partial charge >= 0.3 is 0 Å². The predicted octanol–water partition coefficient (Wildman–Crippen LogP) is 4.10. The maximum Gasteiger partial charge on any atom is 0.0340 e. The summed E-state index contributed by atoms with van der Waals surface area (Å²) < 4.78 is 0. The van der Waals surface area contributed by atoms with Crippen molar-refractivity contribution >= 4 is 30.5 Å². The van der Waals surface area contributed by atoms with E-state index in [0.29, 0.717) is 12.0 Å². The summed E-state index contributed by atoms with van der Waals surface area (Å²) in [6.45, 7) is 10.7. The van der Waals surface area contributed by atoms with Crippen molar-refractivity contribution in [3.05, 3.63) is 29.8 Å². The van der Waals surface area contributed by atoms with Crippen LogP contribution in [0.15, 0.2) is 24.3 Å². The van der Waals surface area contributed by atoms with E-state index in [0.717, 1.165) is 13.1 Å². The van der Waals surface area contributed by atoms with Gasteiger partial charge in [-0.3, -0.25) is 0 Å². The molecule has 0 aliphatic carbocycles. The highest BCUT2D eigenvalue weighted by molar-refractivity contribution is 5.85. The summed E-state index contributed by atoms with van der Waals surface area (Å²) in [5.74, 6) is 0.683. The summed E-state index contributed by atoms with van der Waals surface area (Å²) in [6.07, 6.45) is 0. The third kappa shape index (κ3) is 8.62. The van der Waals surface area contributed by atoms with Gasteiger partial charge in [0.1, 0.15) is 0 Å². The molecule has 0 saturated heterocycles. The molecule has 0 heterocycles. The highest BCUT2D eigenvalue weighted by Crippen LogP contribution is 2.10. The molecule has 0 aliphatic rings. The number of halogens is 2. The van der Waals surface area contributed by atoms with Crippen molar-refractivity contribution in [1.82, 2.24) is 5.32 Å². The molecule has 0 aliphatic heterocycles. The van der Waals surface area contributed by atoms with Crippen LogP contribution in [0.1, 0.15) is 33.3 Å². The molecule has 0 unspecified atom stereocenters. The summed E-state index contributed by atoms with van der Waals surface area (Å²) in [7, 11) is 0. The Kier molecular flexibility index (Phi) is 11.6. The Bertz CT molecular complexity index is 266. The molecule has 4 heteroatoms. The van der Waals surface area contributed by atoms with Gasteiger partial charge in [0.2, 0.25) is 0 Å². The lowest BCUT2D eigenvalue weighted by Crippen LogP contribution is -2.21. The Morgan fingerprint density at radius 3 is 1.94 bits per heavy atom. The Morgan fingerprint density at radius 2 is 1.50 bits per heavy atom. The van der Waals surface area contributed by atoms with Gasteiger partial charge in [-0.05, 0) is 23.6 Å². The van der Waals surface area contributed by atoms with Crippen LogP contribution in [0.2, 0.25) is 0 Å². The summed E-state index contributed by atoms with van der Waals surface area (Å²) in [6, 6.07) is 9.20. The van der Waals surface area contributed by atoms with Crippen molar-refractivity contribution < 1.29 is 0 Å². The first-order chi connectivity index (χ1) is 7.58. The number of anilines is 1. The first-order valence-electron chi connectivity index (χ1n) is 6.14. The van der Waals surface area contributed by atoms with E-state index in [9.17, 15) is 0 Å². The van der Waals surface area contributed by atoms with Crippen molar-refractivity contribution in [3.8, 4) is 0 Å². The number of hydrogen-bond acceptors (Lipinski definition) is 2. The monoisotopic (exact) mass is 292 g/mol. The second-order valence-corrected chi connectivity index (χ2v) is 5.01. The van der Waals surface area contributed by atoms with Gasteiger partial charge in [0, 0.05) is 24.8 Å². The third-order valence-electron chi connectivity index (χ3n) is 2.38. The molecule has 18 heavy (non-hydrogen) atoms. The second-order valence-electron chi connectivity index (χ2n) is 5.01. The fourth-order valence-electron chi connectivity index (χ4n) is 1.38. The zero-order chi connectivity index (χ0) is 12.0. The first kappa shape index (κ1) is 19.9. The fraction of sp³-hybridized carbons (Fsp3) is 0.571. The van der Waals surface area contributed by atoms with E-state index in [4.69, 9.17) is 0 Å². The van der Waals surface area contributed by atoms with Gasteiger partial charge in [0.25, 0.3) is 0 Å². The molecule has 2 N–H and O–H groups in total. The average Bonchev–Trinajstić information content (AvgIpc) is 2.25. The molecule has 2 nitrogen and oxygen atoms in total. The molecule has 0 aromatic heterocycles. The molecule has 0 fully saturated rings. The molecule has 106 valence electrons. The highest BCUT2D eigenvalue weighted by atomic mass is 35.5.